The van der Waals surface area contributed by atoms with Crippen LogP contribution in [0, 0.1) is 5.82 Å². The van der Waals surface area contributed by atoms with Crippen LogP contribution in [-0.4, -0.2) is 33.1 Å². The van der Waals surface area contributed by atoms with E-state index >= 15 is 0 Å². The number of aromatic nitrogens is 2. The van der Waals surface area contributed by atoms with Gasteiger partial charge in [-0.1, -0.05) is 23.8 Å². The second kappa shape index (κ2) is 8.14. The lowest BCUT2D eigenvalue weighted by atomic mass is 10.2. The first kappa shape index (κ1) is 20.1. The van der Waals surface area contributed by atoms with Crippen LogP contribution < -0.4 is 4.74 Å². The molecular formula is C20H21ClFN3O3. The van der Waals surface area contributed by atoms with Gasteiger partial charge in [-0.3, -0.25) is 9.88 Å². The highest BCUT2D eigenvalue weighted by molar-refractivity contribution is 6.30. The van der Waals surface area contributed by atoms with Crippen LogP contribution in [0.25, 0.3) is 0 Å². The van der Waals surface area contributed by atoms with Gasteiger partial charge < -0.3 is 9.47 Å². The summed E-state index contributed by atoms with van der Waals surface area (Å²) < 4.78 is 24.8. The van der Waals surface area contributed by atoms with Crippen molar-refractivity contribution in [2.24, 2.45) is 0 Å². The maximum absolute atomic E-state index is 13.8. The van der Waals surface area contributed by atoms with Gasteiger partial charge in [-0.25, -0.2) is 14.2 Å². The molecule has 1 aromatic carbocycles. The highest BCUT2D eigenvalue weighted by atomic mass is 35.5. The molecule has 1 unspecified atom stereocenters. The normalized spacial score (nSPS) is 16.3. The second-order valence-electron chi connectivity index (χ2n) is 7.30. The Balaban J connectivity index is 1.71. The summed E-state index contributed by atoms with van der Waals surface area (Å²) in [7, 11) is 0. The van der Waals surface area contributed by atoms with Gasteiger partial charge >= 0.3 is 6.09 Å². The number of amides is 1. The number of benzene rings is 1. The molecule has 2 heterocycles. The van der Waals surface area contributed by atoms with E-state index in [0.29, 0.717) is 23.0 Å². The third-order valence-corrected chi connectivity index (χ3v) is 4.09. The number of halogens is 2. The van der Waals surface area contributed by atoms with Gasteiger partial charge in [0.2, 0.25) is 0 Å². The van der Waals surface area contributed by atoms with Crippen molar-refractivity contribution in [3.8, 4) is 5.75 Å². The molecule has 1 amide bonds. The van der Waals surface area contributed by atoms with Gasteiger partial charge in [0, 0.05) is 11.6 Å². The lowest BCUT2D eigenvalue weighted by molar-refractivity contribution is 0.0237. The summed E-state index contributed by atoms with van der Waals surface area (Å²) in [5, 5.41) is 0.293. The zero-order valence-corrected chi connectivity index (χ0v) is 16.6. The molecule has 1 aromatic heterocycles. The minimum Gasteiger partial charge on any atom is -0.484 e. The van der Waals surface area contributed by atoms with Crippen molar-refractivity contribution in [3.63, 3.8) is 0 Å². The number of ether oxygens (including phenoxy) is 2. The molecule has 1 atom stereocenters. The van der Waals surface area contributed by atoms with Gasteiger partial charge in [0.1, 0.15) is 12.2 Å². The molecule has 0 aliphatic carbocycles. The fraction of sp³-hybridized carbons (Fsp3) is 0.350. The summed E-state index contributed by atoms with van der Waals surface area (Å²) in [5.74, 6) is -0.473. The fourth-order valence-electron chi connectivity index (χ4n) is 2.67. The summed E-state index contributed by atoms with van der Waals surface area (Å²) in [5.41, 5.74) is 0.502. The summed E-state index contributed by atoms with van der Waals surface area (Å²) in [6.07, 6.45) is 6.45. The average molecular weight is 406 g/mol. The van der Waals surface area contributed by atoms with Crippen molar-refractivity contribution in [2.75, 3.05) is 6.54 Å². The molecule has 6 nitrogen and oxygen atoms in total. The topological polar surface area (TPSA) is 64.5 Å². The number of rotatable bonds is 4. The Kier molecular flexibility index (Phi) is 5.84. The first-order chi connectivity index (χ1) is 13.2. The predicted molar refractivity (Wildman–Crippen MR) is 103 cm³/mol. The van der Waals surface area contributed by atoms with E-state index < -0.39 is 17.5 Å². The number of hydrogen-bond acceptors (Lipinski definition) is 5. The van der Waals surface area contributed by atoms with Crippen molar-refractivity contribution < 1.29 is 18.7 Å². The van der Waals surface area contributed by atoms with Gasteiger partial charge in [0.05, 0.1) is 29.8 Å². The molecule has 0 fully saturated rings. The summed E-state index contributed by atoms with van der Waals surface area (Å²) in [4.78, 5) is 22.7. The van der Waals surface area contributed by atoms with E-state index in [-0.39, 0.29) is 18.4 Å². The molecule has 0 spiro atoms. The van der Waals surface area contributed by atoms with Gasteiger partial charge in [-0.15, -0.1) is 0 Å². The molecule has 0 radical (unpaired) electrons. The molecule has 8 heteroatoms. The van der Waals surface area contributed by atoms with Gasteiger partial charge in [-0.05, 0) is 39.0 Å². The van der Waals surface area contributed by atoms with Crippen LogP contribution in [0.1, 0.15) is 38.2 Å². The molecule has 1 aliphatic rings. The van der Waals surface area contributed by atoms with Crippen LogP contribution in [0.2, 0.25) is 5.02 Å². The number of hydrogen-bond donors (Lipinski definition) is 0. The summed E-state index contributed by atoms with van der Waals surface area (Å²) in [6.45, 7) is 5.91. The highest BCUT2D eigenvalue weighted by Gasteiger charge is 2.31. The predicted octanol–water partition coefficient (Wildman–Crippen LogP) is 4.70. The first-order valence-corrected chi connectivity index (χ1v) is 9.16. The van der Waals surface area contributed by atoms with Crippen molar-refractivity contribution in [1.29, 1.82) is 0 Å². The minimum atomic E-state index is -0.589. The molecule has 0 saturated carbocycles. The molecule has 0 bridgehead atoms. The third-order valence-electron chi connectivity index (χ3n) is 3.86. The van der Waals surface area contributed by atoms with Crippen molar-refractivity contribution in [3.05, 3.63) is 65.0 Å². The molecule has 3 rings (SSSR count). The van der Waals surface area contributed by atoms with E-state index in [2.05, 4.69) is 9.97 Å². The Morgan fingerprint density at radius 1 is 1.36 bits per heavy atom. The highest BCUT2D eigenvalue weighted by Crippen LogP contribution is 2.27. The van der Waals surface area contributed by atoms with Crippen molar-refractivity contribution in [1.82, 2.24) is 14.9 Å². The Morgan fingerprint density at radius 3 is 2.86 bits per heavy atom. The standard InChI is InChI=1S/C20H21ClFN3O3/c1-20(2,3)28-19(26)25-8-4-5-17(25)16-11-23-10-14(24-16)12-27-18-7-6-13(21)9-15(18)22/h4-7,9-11,17H,8,12H2,1-3H3. The molecule has 1 aliphatic heterocycles. The summed E-state index contributed by atoms with van der Waals surface area (Å²) >= 11 is 5.74. The Bertz CT molecular complexity index is 899. The van der Waals surface area contributed by atoms with Crippen LogP contribution in [-0.2, 0) is 11.3 Å². The third kappa shape index (κ3) is 4.98. The molecule has 2 aromatic rings. The van der Waals surface area contributed by atoms with Crippen molar-refractivity contribution in [2.45, 2.75) is 39.0 Å². The monoisotopic (exact) mass is 405 g/mol. The average Bonchev–Trinajstić information content (AvgIpc) is 3.10. The molecule has 0 saturated heterocycles. The Morgan fingerprint density at radius 2 is 2.14 bits per heavy atom. The van der Waals surface area contributed by atoms with E-state index in [4.69, 9.17) is 21.1 Å². The second-order valence-corrected chi connectivity index (χ2v) is 7.74. The fourth-order valence-corrected chi connectivity index (χ4v) is 2.83. The smallest absolute Gasteiger partial charge is 0.411 e. The van der Waals surface area contributed by atoms with E-state index in [1.807, 2.05) is 32.9 Å². The number of nitrogens with zero attached hydrogens (tertiary/aromatic N) is 3. The van der Waals surface area contributed by atoms with Gasteiger partial charge in [-0.2, -0.15) is 0 Å². The van der Waals surface area contributed by atoms with Gasteiger partial charge in [0.25, 0.3) is 0 Å². The SMILES string of the molecule is CC(C)(C)OC(=O)N1CC=CC1c1cncc(COc2ccc(Cl)cc2F)n1. The number of carbonyl (C=O) groups is 1. The van der Waals surface area contributed by atoms with Crippen molar-refractivity contribution >= 4 is 17.7 Å². The van der Waals surface area contributed by atoms with Gasteiger partial charge in [0.15, 0.2) is 11.6 Å². The molecular weight excluding hydrogens is 385 g/mol. The maximum Gasteiger partial charge on any atom is 0.411 e. The van der Waals surface area contributed by atoms with Crippen LogP contribution in [0.3, 0.4) is 0 Å². The Labute approximate surface area is 167 Å². The van der Waals surface area contributed by atoms with Crippen LogP contribution in [0.4, 0.5) is 9.18 Å². The van der Waals surface area contributed by atoms with E-state index in [1.54, 1.807) is 17.2 Å². The zero-order valence-electron chi connectivity index (χ0n) is 15.9. The quantitative estimate of drug-likeness (QED) is 0.690. The van der Waals surface area contributed by atoms with Crippen LogP contribution in [0.15, 0.2) is 42.7 Å². The molecule has 28 heavy (non-hydrogen) atoms. The zero-order chi connectivity index (χ0) is 20.3. The summed E-state index contributed by atoms with van der Waals surface area (Å²) in [6, 6.07) is 3.80. The molecule has 0 N–H and O–H groups in total. The minimum absolute atomic E-state index is 0.0300. The largest absolute Gasteiger partial charge is 0.484 e. The first-order valence-electron chi connectivity index (χ1n) is 8.78. The van der Waals surface area contributed by atoms with Crippen LogP contribution in [0.5, 0.6) is 5.75 Å². The van der Waals surface area contributed by atoms with E-state index in [1.165, 1.54) is 18.3 Å². The lowest BCUT2D eigenvalue weighted by Gasteiger charge is -2.28. The maximum atomic E-state index is 13.8. The van der Waals surface area contributed by atoms with E-state index in [9.17, 15) is 9.18 Å². The Hall–Kier alpha value is -2.67. The lowest BCUT2D eigenvalue weighted by Crippen LogP contribution is -2.37. The number of carbonyl (C=O) groups excluding carboxylic acids is 1. The molecule has 148 valence electrons. The van der Waals surface area contributed by atoms with Crippen LogP contribution >= 0.6 is 11.6 Å². The van der Waals surface area contributed by atoms with E-state index in [0.717, 1.165) is 0 Å².